The van der Waals surface area contributed by atoms with Crippen molar-refractivity contribution in [3.63, 3.8) is 0 Å². The first-order valence-electron chi connectivity index (χ1n) is 7.24. The van der Waals surface area contributed by atoms with Crippen LogP contribution in [0.25, 0.3) is 22.4 Å². The van der Waals surface area contributed by atoms with Crippen molar-refractivity contribution in [3.8, 4) is 11.5 Å². The highest BCUT2D eigenvalue weighted by Gasteiger charge is 2.13. The van der Waals surface area contributed by atoms with E-state index in [1.807, 2.05) is 25.1 Å². The lowest BCUT2D eigenvalue weighted by atomic mass is 10.1. The van der Waals surface area contributed by atoms with Crippen LogP contribution in [0.5, 0.6) is 11.5 Å². The van der Waals surface area contributed by atoms with Gasteiger partial charge in [-0.05, 0) is 42.8 Å². The molecule has 0 spiro atoms. The summed E-state index contributed by atoms with van der Waals surface area (Å²) in [7, 11) is 1.41. The maximum atomic E-state index is 12.6. The zero-order chi connectivity index (χ0) is 17.1. The smallest absolute Gasteiger partial charge is 0.387 e. The molecule has 0 aliphatic rings. The molecule has 6 heteroatoms. The summed E-state index contributed by atoms with van der Waals surface area (Å²) in [5.41, 5.74) is 2.57. The Balaban J connectivity index is 1.95. The number of ether oxygens (including phenoxy) is 2. The Labute approximate surface area is 142 Å². The van der Waals surface area contributed by atoms with Crippen molar-refractivity contribution < 1.29 is 18.3 Å². The molecule has 3 nitrogen and oxygen atoms in total. The van der Waals surface area contributed by atoms with E-state index in [1.54, 1.807) is 30.4 Å². The fourth-order valence-electron chi connectivity index (χ4n) is 2.33. The van der Waals surface area contributed by atoms with Crippen molar-refractivity contribution >= 4 is 33.7 Å². The number of alkyl halides is 2. The Kier molecular flexibility index (Phi) is 4.76. The van der Waals surface area contributed by atoms with E-state index >= 15 is 0 Å². The van der Waals surface area contributed by atoms with Gasteiger partial charge in [0.05, 0.1) is 17.3 Å². The Morgan fingerprint density at radius 1 is 1.17 bits per heavy atom. The Bertz CT molecular complexity index is 890. The minimum atomic E-state index is -2.92. The standard InChI is InChI=1S/C18H15F2NO2S/c1-11-6-8-15-13(10-11)21-16(24-15)9-7-12-4-3-5-14(22-2)17(12)23-18(19)20/h3-10,18H,1-2H3/b9-7+. The molecule has 0 radical (unpaired) electrons. The minimum Gasteiger partial charge on any atom is -0.493 e. The molecule has 24 heavy (non-hydrogen) atoms. The molecule has 0 aliphatic heterocycles. The molecule has 1 aromatic heterocycles. The number of hydrogen-bond acceptors (Lipinski definition) is 4. The highest BCUT2D eigenvalue weighted by atomic mass is 32.1. The van der Waals surface area contributed by atoms with Crippen molar-refractivity contribution in [2.45, 2.75) is 13.5 Å². The Morgan fingerprint density at radius 2 is 2.00 bits per heavy atom. The molecule has 0 aliphatic carbocycles. The summed E-state index contributed by atoms with van der Waals surface area (Å²) in [6.45, 7) is -0.905. The van der Waals surface area contributed by atoms with E-state index in [2.05, 4.69) is 9.72 Å². The largest absolute Gasteiger partial charge is 0.493 e. The molecule has 124 valence electrons. The molecule has 3 aromatic rings. The Morgan fingerprint density at radius 3 is 2.75 bits per heavy atom. The van der Waals surface area contributed by atoms with Crippen LogP contribution in [0.15, 0.2) is 36.4 Å². The van der Waals surface area contributed by atoms with E-state index in [-0.39, 0.29) is 11.5 Å². The summed E-state index contributed by atoms with van der Waals surface area (Å²) >= 11 is 1.54. The minimum absolute atomic E-state index is 0.0169. The van der Waals surface area contributed by atoms with Crippen molar-refractivity contribution in [2.24, 2.45) is 0 Å². The predicted molar refractivity (Wildman–Crippen MR) is 92.9 cm³/mol. The van der Waals surface area contributed by atoms with Crippen LogP contribution >= 0.6 is 11.3 Å². The first kappa shape index (κ1) is 16.4. The van der Waals surface area contributed by atoms with Crippen LogP contribution in [0.4, 0.5) is 8.78 Å². The molecule has 0 N–H and O–H groups in total. The van der Waals surface area contributed by atoms with Gasteiger partial charge in [-0.15, -0.1) is 11.3 Å². The molecule has 3 rings (SSSR count). The van der Waals surface area contributed by atoms with Crippen LogP contribution in [-0.4, -0.2) is 18.7 Å². The van der Waals surface area contributed by atoms with Crippen LogP contribution in [-0.2, 0) is 0 Å². The van der Waals surface area contributed by atoms with Crippen molar-refractivity contribution in [1.29, 1.82) is 0 Å². The summed E-state index contributed by atoms with van der Waals surface area (Å²) < 4.78 is 36.1. The lowest BCUT2D eigenvalue weighted by Crippen LogP contribution is -2.04. The SMILES string of the molecule is COc1cccc(/C=C/c2nc3cc(C)ccc3s2)c1OC(F)F. The summed E-state index contributed by atoms with van der Waals surface area (Å²) in [6.07, 6.45) is 3.48. The van der Waals surface area contributed by atoms with E-state index in [0.29, 0.717) is 5.56 Å². The van der Waals surface area contributed by atoms with Gasteiger partial charge < -0.3 is 9.47 Å². The van der Waals surface area contributed by atoms with Gasteiger partial charge in [-0.2, -0.15) is 8.78 Å². The summed E-state index contributed by atoms with van der Waals surface area (Å²) in [6, 6.07) is 11.1. The second kappa shape index (κ2) is 6.97. The lowest BCUT2D eigenvalue weighted by molar-refractivity contribution is -0.0513. The molecule has 0 saturated carbocycles. The van der Waals surface area contributed by atoms with E-state index in [0.717, 1.165) is 20.8 Å². The molecule has 1 heterocycles. The number of benzene rings is 2. The van der Waals surface area contributed by atoms with Crippen LogP contribution in [0.2, 0.25) is 0 Å². The first-order valence-corrected chi connectivity index (χ1v) is 8.05. The van der Waals surface area contributed by atoms with Crippen LogP contribution < -0.4 is 9.47 Å². The van der Waals surface area contributed by atoms with Gasteiger partial charge in [0.15, 0.2) is 11.5 Å². The average molecular weight is 347 g/mol. The zero-order valence-electron chi connectivity index (χ0n) is 13.1. The van der Waals surface area contributed by atoms with Gasteiger partial charge in [0.2, 0.25) is 0 Å². The van der Waals surface area contributed by atoms with E-state index in [4.69, 9.17) is 4.74 Å². The topological polar surface area (TPSA) is 31.4 Å². The number of rotatable bonds is 5. The summed E-state index contributed by atoms with van der Waals surface area (Å²) in [5, 5.41) is 0.793. The van der Waals surface area contributed by atoms with Gasteiger partial charge in [0, 0.05) is 5.56 Å². The first-order chi connectivity index (χ1) is 11.6. The zero-order valence-corrected chi connectivity index (χ0v) is 13.9. The van der Waals surface area contributed by atoms with Gasteiger partial charge >= 0.3 is 6.61 Å². The fourth-order valence-corrected chi connectivity index (χ4v) is 3.18. The van der Waals surface area contributed by atoms with Crippen LogP contribution in [0.1, 0.15) is 16.1 Å². The monoisotopic (exact) mass is 347 g/mol. The van der Waals surface area contributed by atoms with Gasteiger partial charge in [-0.3, -0.25) is 0 Å². The number of halogens is 2. The number of aromatic nitrogens is 1. The third-order valence-corrected chi connectivity index (χ3v) is 4.40. The normalized spacial score (nSPS) is 11.5. The van der Waals surface area contributed by atoms with E-state index in [9.17, 15) is 8.78 Å². The van der Waals surface area contributed by atoms with Crippen LogP contribution in [0.3, 0.4) is 0 Å². The number of aryl methyl sites for hydroxylation is 1. The lowest BCUT2D eigenvalue weighted by Gasteiger charge is -2.12. The van der Waals surface area contributed by atoms with Gasteiger partial charge in [0.25, 0.3) is 0 Å². The van der Waals surface area contributed by atoms with Gasteiger partial charge in [-0.25, -0.2) is 4.98 Å². The molecule has 0 amide bonds. The number of hydrogen-bond donors (Lipinski definition) is 0. The second-order valence-electron chi connectivity index (χ2n) is 5.11. The molecule has 0 bridgehead atoms. The highest BCUT2D eigenvalue weighted by Crippen LogP contribution is 2.34. The quantitative estimate of drug-likeness (QED) is 0.620. The second-order valence-corrected chi connectivity index (χ2v) is 6.18. The van der Waals surface area contributed by atoms with E-state index < -0.39 is 6.61 Å². The van der Waals surface area contributed by atoms with Crippen molar-refractivity contribution in [2.75, 3.05) is 7.11 Å². The van der Waals surface area contributed by atoms with Crippen LogP contribution in [0, 0.1) is 6.92 Å². The molecular formula is C18H15F2NO2S. The number of fused-ring (bicyclic) bond motifs is 1. The number of nitrogens with zero attached hydrogens (tertiary/aromatic N) is 1. The third kappa shape index (κ3) is 3.54. The highest BCUT2D eigenvalue weighted by molar-refractivity contribution is 7.19. The molecule has 0 saturated heterocycles. The number of para-hydroxylation sites is 1. The third-order valence-electron chi connectivity index (χ3n) is 3.40. The molecular weight excluding hydrogens is 332 g/mol. The molecule has 0 atom stereocenters. The van der Waals surface area contributed by atoms with E-state index in [1.165, 1.54) is 18.4 Å². The maximum Gasteiger partial charge on any atom is 0.387 e. The molecule has 0 fully saturated rings. The number of methoxy groups -OCH3 is 1. The predicted octanol–water partition coefficient (Wildman–Crippen LogP) is 5.39. The average Bonchev–Trinajstić information content (AvgIpc) is 2.95. The van der Waals surface area contributed by atoms with Crippen molar-refractivity contribution in [3.05, 3.63) is 52.5 Å². The van der Waals surface area contributed by atoms with Crippen molar-refractivity contribution in [1.82, 2.24) is 4.98 Å². The van der Waals surface area contributed by atoms with Gasteiger partial charge in [-0.1, -0.05) is 18.2 Å². The number of thiazole rings is 1. The summed E-state index contributed by atoms with van der Waals surface area (Å²) in [5.74, 6) is 0.278. The Hall–Kier alpha value is -2.47. The summed E-state index contributed by atoms with van der Waals surface area (Å²) in [4.78, 5) is 4.53. The maximum absolute atomic E-state index is 12.6. The fraction of sp³-hybridized carbons (Fsp3) is 0.167. The molecule has 2 aromatic carbocycles. The van der Waals surface area contributed by atoms with Gasteiger partial charge in [0.1, 0.15) is 5.01 Å². The molecule has 0 unspecified atom stereocenters.